The van der Waals surface area contributed by atoms with Gasteiger partial charge in [-0.2, -0.15) is 0 Å². The van der Waals surface area contributed by atoms with Gasteiger partial charge in [-0.15, -0.1) is 35.3 Å². The van der Waals surface area contributed by atoms with Crippen LogP contribution in [0.4, 0.5) is 0 Å². The number of nitrogens with one attached hydrogen (secondary N) is 2. The minimum Gasteiger partial charge on any atom is -0.356 e. The van der Waals surface area contributed by atoms with E-state index < -0.39 is 0 Å². The maximum Gasteiger partial charge on any atom is 0.190 e. The number of hydrogen-bond donors (Lipinski definition) is 2. The van der Waals surface area contributed by atoms with E-state index in [-0.39, 0.29) is 24.0 Å². The van der Waals surface area contributed by atoms with E-state index in [1.165, 1.54) is 35.9 Å². The third-order valence-corrected chi connectivity index (χ3v) is 5.38. The average Bonchev–Trinajstić information content (AvgIpc) is 2.94. The number of rotatable bonds is 7. The second-order valence-electron chi connectivity index (χ2n) is 7.10. The van der Waals surface area contributed by atoms with Crippen molar-refractivity contribution in [2.24, 2.45) is 16.8 Å². The number of aryl methyl sites for hydroxylation is 1. The molecule has 2 rings (SSSR count). The summed E-state index contributed by atoms with van der Waals surface area (Å²) in [6, 6.07) is 0. The SMILES string of the molecule is CN=C(NCCCN1CC(C)CC(C)C1)NCCc1ncc(C)s1.I. The molecule has 1 saturated heterocycles. The van der Waals surface area contributed by atoms with Gasteiger partial charge in [0.2, 0.25) is 0 Å². The highest BCUT2D eigenvalue weighted by Gasteiger charge is 2.20. The van der Waals surface area contributed by atoms with Gasteiger partial charge in [0, 0.05) is 50.7 Å². The third kappa shape index (κ3) is 8.68. The molecular formula is C18H34IN5S. The van der Waals surface area contributed by atoms with Crippen LogP contribution >= 0.6 is 35.3 Å². The van der Waals surface area contributed by atoms with Crippen molar-refractivity contribution >= 4 is 41.3 Å². The molecule has 0 radical (unpaired) electrons. The summed E-state index contributed by atoms with van der Waals surface area (Å²) in [6.07, 6.45) is 5.42. The third-order valence-electron chi connectivity index (χ3n) is 4.41. The lowest BCUT2D eigenvalue weighted by molar-refractivity contribution is 0.140. The molecule has 0 bridgehead atoms. The summed E-state index contributed by atoms with van der Waals surface area (Å²) in [5, 5.41) is 7.97. The van der Waals surface area contributed by atoms with Gasteiger partial charge in [0.05, 0.1) is 5.01 Å². The van der Waals surface area contributed by atoms with Crippen LogP contribution in [-0.2, 0) is 6.42 Å². The number of guanidine groups is 1. The number of hydrogen-bond acceptors (Lipinski definition) is 4. The number of likely N-dealkylation sites (tertiary alicyclic amines) is 1. The van der Waals surface area contributed by atoms with Crippen LogP contribution in [0.25, 0.3) is 0 Å². The molecule has 1 aromatic heterocycles. The molecule has 2 atom stereocenters. The predicted octanol–water partition coefficient (Wildman–Crippen LogP) is 3.15. The van der Waals surface area contributed by atoms with Gasteiger partial charge in [0.25, 0.3) is 0 Å². The van der Waals surface area contributed by atoms with Gasteiger partial charge in [-0.3, -0.25) is 4.99 Å². The van der Waals surface area contributed by atoms with Gasteiger partial charge >= 0.3 is 0 Å². The van der Waals surface area contributed by atoms with E-state index in [0.717, 1.165) is 43.7 Å². The Morgan fingerprint density at radius 3 is 2.56 bits per heavy atom. The molecule has 0 amide bonds. The van der Waals surface area contributed by atoms with Crippen molar-refractivity contribution in [3.8, 4) is 0 Å². The fourth-order valence-electron chi connectivity index (χ4n) is 3.51. The van der Waals surface area contributed by atoms with Gasteiger partial charge in [0.15, 0.2) is 5.96 Å². The van der Waals surface area contributed by atoms with Gasteiger partial charge in [-0.25, -0.2) is 4.98 Å². The highest BCUT2D eigenvalue weighted by Crippen LogP contribution is 2.20. The van der Waals surface area contributed by atoms with Crippen LogP contribution in [0.3, 0.4) is 0 Å². The van der Waals surface area contributed by atoms with E-state index in [4.69, 9.17) is 0 Å². The van der Waals surface area contributed by atoms with Crippen LogP contribution in [-0.4, -0.2) is 55.6 Å². The van der Waals surface area contributed by atoms with E-state index >= 15 is 0 Å². The van der Waals surface area contributed by atoms with E-state index in [1.54, 1.807) is 11.3 Å². The summed E-state index contributed by atoms with van der Waals surface area (Å²) >= 11 is 1.77. The Morgan fingerprint density at radius 2 is 1.96 bits per heavy atom. The zero-order chi connectivity index (χ0) is 17.4. The highest BCUT2D eigenvalue weighted by molar-refractivity contribution is 14.0. The number of aromatic nitrogens is 1. The Balaban J connectivity index is 0.00000312. The molecule has 1 aromatic rings. The molecule has 25 heavy (non-hydrogen) atoms. The first-order valence-electron chi connectivity index (χ1n) is 9.15. The van der Waals surface area contributed by atoms with Crippen LogP contribution in [0.5, 0.6) is 0 Å². The summed E-state index contributed by atoms with van der Waals surface area (Å²) in [7, 11) is 1.83. The lowest BCUT2D eigenvalue weighted by Crippen LogP contribution is -2.42. The van der Waals surface area contributed by atoms with Gasteiger partial charge < -0.3 is 15.5 Å². The number of thiazole rings is 1. The highest BCUT2D eigenvalue weighted by atomic mass is 127. The second kappa shape index (κ2) is 12.1. The molecule has 0 aliphatic carbocycles. The average molecular weight is 479 g/mol. The predicted molar refractivity (Wildman–Crippen MR) is 119 cm³/mol. The van der Waals surface area contributed by atoms with Crippen molar-refractivity contribution in [1.82, 2.24) is 20.5 Å². The fraction of sp³-hybridized carbons (Fsp3) is 0.778. The van der Waals surface area contributed by atoms with Crippen molar-refractivity contribution in [3.05, 3.63) is 16.1 Å². The Kier molecular flexibility index (Phi) is 10.9. The zero-order valence-corrected chi connectivity index (χ0v) is 19.2. The number of nitrogens with zero attached hydrogens (tertiary/aromatic N) is 3. The molecule has 0 aromatic carbocycles. The van der Waals surface area contributed by atoms with Gasteiger partial charge in [-0.05, 0) is 38.1 Å². The zero-order valence-electron chi connectivity index (χ0n) is 16.0. The smallest absolute Gasteiger partial charge is 0.190 e. The molecule has 144 valence electrons. The minimum absolute atomic E-state index is 0. The van der Waals surface area contributed by atoms with Crippen molar-refractivity contribution in [1.29, 1.82) is 0 Å². The molecule has 1 aliphatic rings. The number of halogens is 1. The molecular weight excluding hydrogens is 445 g/mol. The second-order valence-corrected chi connectivity index (χ2v) is 8.42. The lowest BCUT2D eigenvalue weighted by Gasteiger charge is -2.35. The largest absolute Gasteiger partial charge is 0.356 e. The van der Waals surface area contributed by atoms with E-state index in [2.05, 4.69) is 46.3 Å². The van der Waals surface area contributed by atoms with Crippen LogP contribution in [0.2, 0.25) is 0 Å². The topological polar surface area (TPSA) is 52.6 Å². The quantitative estimate of drug-likeness (QED) is 0.273. The monoisotopic (exact) mass is 479 g/mol. The number of aliphatic imine (C=N–C) groups is 1. The van der Waals surface area contributed by atoms with Crippen molar-refractivity contribution < 1.29 is 0 Å². The van der Waals surface area contributed by atoms with Crippen molar-refractivity contribution in [2.45, 2.75) is 40.0 Å². The van der Waals surface area contributed by atoms with Crippen LogP contribution in [0, 0.1) is 18.8 Å². The van der Waals surface area contributed by atoms with Crippen molar-refractivity contribution in [2.75, 3.05) is 39.8 Å². The Labute approximate surface area is 174 Å². The normalized spacial score (nSPS) is 21.7. The summed E-state index contributed by atoms with van der Waals surface area (Å²) in [5.74, 6) is 2.57. The first kappa shape index (κ1) is 22.6. The van der Waals surface area contributed by atoms with Crippen LogP contribution in [0.15, 0.2) is 11.2 Å². The molecule has 0 spiro atoms. The molecule has 1 fully saturated rings. The molecule has 7 heteroatoms. The van der Waals surface area contributed by atoms with Crippen LogP contribution in [0.1, 0.15) is 36.6 Å². The Morgan fingerprint density at radius 1 is 1.28 bits per heavy atom. The Hall–Kier alpha value is -0.410. The van der Waals surface area contributed by atoms with E-state index in [0.29, 0.717) is 0 Å². The molecule has 2 N–H and O–H groups in total. The minimum atomic E-state index is 0. The van der Waals surface area contributed by atoms with Gasteiger partial charge in [0.1, 0.15) is 0 Å². The van der Waals surface area contributed by atoms with E-state index in [1.807, 2.05) is 13.2 Å². The maximum atomic E-state index is 4.39. The lowest BCUT2D eigenvalue weighted by atomic mass is 9.92. The summed E-state index contributed by atoms with van der Waals surface area (Å²) < 4.78 is 0. The maximum absolute atomic E-state index is 4.39. The summed E-state index contributed by atoms with van der Waals surface area (Å²) in [6.45, 7) is 12.4. The van der Waals surface area contributed by atoms with E-state index in [9.17, 15) is 0 Å². The first-order valence-corrected chi connectivity index (χ1v) is 9.96. The summed E-state index contributed by atoms with van der Waals surface area (Å²) in [5.41, 5.74) is 0. The van der Waals surface area contributed by atoms with Crippen LogP contribution < -0.4 is 10.6 Å². The molecule has 5 nitrogen and oxygen atoms in total. The number of piperidine rings is 1. The molecule has 2 unspecified atom stereocenters. The van der Waals surface area contributed by atoms with Gasteiger partial charge in [-0.1, -0.05) is 13.8 Å². The first-order chi connectivity index (χ1) is 11.6. The molecule has 2 heterocycles. The standard InChI is InChI=1S/C18H33N5S.HI/c1-14-10-15(2)13-23(12-14)9-5-7-20-18(19-4)21-8-6-17-22-11-16(3)24-17;/h11,14-15H,5-10,12-13H2,1-4H3,(H2,19,20,21);1H. The summed E-state index contributed by atoms with van der Waals surface area (Å²) in [4.78, 5) is 12.6. The Bertz CT molecular complexity index is 509. The fourth-order valence-corrected chi connectivity index (χ4v) is 4.30. The van der Waals surface area contributed by atoms with Crippen molar-refractivity contribution in [3.63, 3.8) is 0 Å². The molecule has 0 saturated carbocycles. The molecule has 1 aliphatic heterocycles.